The summed E-state index contributed by atoms with van der Waals surface area (Å²) in [4.78, 5) is 46.5. The van der Waals surface area contributed by atoms with Gasteiger partial charge in [0.15, 0.2) is 0 Å². The molecule has 1 fully saturated rings. The summed E-state index contributed by atoms with van der Waals surface area (Å²) in [6.45, 7) is 7.47. The van der Waals surface area contributed by atoms with Crippen molar-refractivity contribution < 1.29 is 29.0 Å². The maximum absolute atomic E-state index is 13.1. The van der Waals surface area contributed by atoms with E-state index in [1.807, 2.05) is 67.7 Å². The van der Waals surface area contributed by atoms with Gasteiger partial charge in [-0.15, -0.1) is 0 Å². The predicted octanol–water partition coefficient (Wildman–Crippen LogP) is 10.4. The summed E-state index contributed by atoms with van der Waals surface area (Å²) in [7, 11) is 0. The van der Waals surface area contributed by atoms with Gasteiger partial charge in [0.05, 0.1) is 19.3 Å². The molecular weight excluding hydrogens is 838 g/mol. The number of nitrogens with zero attached hydrogens (tertiary/aromatic N) is 2. The molecular formula is C53H60ClN5O6. The van der Waals surface area contributed by atoms with E-state index in [4.69, 9.17) is 26.8 Å². The first kappa shape index (κ1) is 45.6. The van der Waals surface area contributed by atoms with Gasteiger partial charge >= 0.3 is 5.97 Å². The fraction of sp³-hybridized carbons (Fsp3) is 0.415. The van der Waals surface area contributed by atoms with Crippen LogP contribution in [-0.2, 0) is 27.8 Å². The average molecular weight is 899 g/mol. The van der Waals surface area contributed by atoms with Crippen LogP contribution in [0.2, 0.25) is 5.02 Å². The number of aromatic nitrogens is 2. The highest BCUT2D eigenvalue weighted by Gasteiger charge is 2.54. The molecule has 12 heteroatoms. The number of carboxylic acids is 1. The number of nitrogens with two attached hydrogens (primary N) is 1. The number of hydrogen-bond donors (Lipinski definition) is 4. The number of fused-ring (bicyclic) bond motifs is 3. The Hall–Kier alpha value is -5.94. The maximum atomic E-state index is 13.1. The number of halogens is 1. The lowest BCUT2D eigenvalue weighted by molar-refractivity contribution is -0.144. The minimum Gasteiger partial charge on any atom is -0.494 e. The third-order valence-electron chi connectivity index (χ3n) is 14.2. The van der Waals surface area contributed by atoms with Crippen molar-refractivity contribution >= 4 is 35.1 Å². The number of hydrogen-bond acceptors (Lipinski definition) is 8. The highest BCUT2D eigenvalue weighted by Crippen LogP contribution is 2.57. The van der Waals surface area contributed by atoms with Crippen molar-refractivity contribution in [2.24, 2.45) is 17.6 Å². The summed E-state index contributed by atoms with van der Waals surface area (Å²) >= 11 is 6.32. The van der Waals surface area contributed by atoms with Crippen LogP contribution in [0, 0.1) is 11.8 Å². The van der Waals surface area contributed by atoms with Crippen LogP contribution in [0.1, 0.15) is 129 Å². The molecule has 3 aliphatic rings. The molecule has 1 spiro atoms. The largest absolute Gasteiger partial charge is 0.494 e. The first-order valence-corrected chi connectivity index (χ1v) is 23.5. The van der Waals surface area contributed by atoms with Crippen molar-refractivity contribution in [2.45, 2.75) is 114 Å². The zero-order chi connectivity index (χ0) is 45.7. The number of amides is 2. The molecule has 0 radical (unpaired) electrons. The molecule has 0 saturated heterocycles. The molecule has 1 saturated carbocycles. The Labute approximate surface area is 386 Å². The average Bonchev–Trinajstić information content (AvgIpc) is 3.58. The topological polar surface area (TPSA) is 166 Å². The van der Waals surface area contributed by atoms with Gasteiger partial charge in [-0.05, 0) is 165 Å². The number of primary amides is 1. The molecule has 65 heavy (non-hydrogen) atoms. The van der Waals surface area contributed by atoms with Gasteiger partial charge in [-0.25, -0.2) is 4.79 Å². The monoisotopic (exact) mass is 897 g/mol. The molecule has 11 nitrogen and oxygen atoms in total. The van der Waals surface area contributed by atoms with Crippen LogP contribution in [0.5, 0.6) is 11.5 Å². The molecule has 2 amide bonds. The second-order valence-electron chi connectivity index (χ2n) is 18.7. The van der Waals surface area contributed by atoms with Gasteiger partial charge < -0.3 is 30.9 Å². The lowest BCUT2D eigenvalue weighted by atomic mass is 9.59. The van der Waals surface area contributed by atoms with Crippen molar-refractivity contribution in [3.8, 4) is 22.6 Å². The molecule has 2 heterocycles. The Morgan fingerprint density at radius 3 is 2.51 bits per heavy atom. The Balaban J connectivity index is 0.925. The SMILES string of the molecule is C[C@@H](COc1ccnc2c1[C@H](C)CCC2)C[C@H]1Cc2ccc(OCCCC(=O)N[C@@H](C)c3cccc(-c4ccc(C(N)=O)nc4)c3)cc2C12CCC(Nc1cccc(Cl)c1)(C(=O)O)CC2. The van der Waals surface area contributed by atoms with E-state index in [1.165, 1.54) is 16.7 Å². The van der Waals surface area contributed by atoms with Crippen molar-refractivity contribution in [1.82, 2.24) is 15.3 Å². The van der Waals surface area contributed by atoms with Crippen LogP contribution in [0.4, 0.5) is 5.69 Å². The molecule has 8 rings (SSSR count). The molecule has 4 atom stereocenters. The molecule has 5 aromatic rings. The normalized spacial score (nSPS) is 22.0. The molecule has 0 aliphatic heterocycles. The highest BCUT2D eigenvalue weighted by atomic mass is 35.5. The van der Waals surface area contributed by atoms with Gasteiger partial charge in [0, 0.05) is 46.3 Å². The first-order valence-electron chi connectivity index (χ1n) is 23.1. The number of ether oxygens (including phenoxy) is 2. The Bertz CT molecular complexity index is 2520. The van der Waals surface area contributed by atoms with Crippen LogP contribution >= 0.6 is 11.6 Å². The van der Waals surface area contributed by atoms with Crippen LogP contribution in [0.25, 0.3) is 11.1 Å². The number of benzene rings is 3. The second kappa shape index (κ2) is 19.7. The van der Waals surface area contributed by atoms with Gasteiger partial charge in [-0.2, -0.15) is 0 Å². The van der Waals surface area contributed by atoms with E-state index in [9.17, 15) is 19.5 Å². The fourth-order valence-corrected chi connectivity index (χ4v) is 10.9. The van der Waals surface area contributed by atoms with Crippen molar-refractivity contribution in [1.29, 1.82) is 0 Å². The van der Waals surface area contributed by atoms with E-state index >= 15 is 0 Å². The smallest absolute Gasteiger partial charge is 0.329 e. The summed E-state index contributed by atoms with van der Waals surface area (Å²) in [6, 6.07) is 26.8. The van der Waals surface area contributed by atoms with E-state index in [0.29, 0.717) is 74.3 Å². The molecule has 0 bridgehead atoms. The van der Waals surface area contributed by atoms with Gasteiger partial charge in [0.1, 0.15) is 22.7 Å². The molecule has 5 N–H and O–H groups in total. The zero-order valence-electron chi connectivity index (χ0n) is 37.6. The fourth-order valence-electron chi connectivity index (χ4n) is 10.7. The lowest BCUT2D eigenvalue weighted by Crippen LogP contribution is -2.53. The summed E-state index contributed by atoms with van der Waals surface area (Å²) in [5.74, 6) is 1.20. The molecule has 340 valence electrons. The Morgan fingerprint density at radius 2 is 1.75 bits per heavy atom. The van der Waals surface area contributed by atoms with Crippen LogP contribution in [-0.4, -0.2) is 51.6 Å². The van der Waals surface area contributed by atoms with Gasteiger partial charge in [-0.1, -0.05) is 61.8 Å². The van der Waals surface area contributed by atoms with Crippen LogP contribution < -0.4 is 25.8 Å². The molecule has 0 unspecified atom stereocenters. The van der Waals surface area contributed by atoms with Crippen LogP contribution in [0.15, 0.2) is 97.3 Å². The standard InChI is InChI=1S/C53H60ClN5O6/c1-33(32-65-47-19-24-56-45-13-4-8-34(2)49(45)47)26-40-28-38-15-17-43(30-44(38)52(40)20-22-53(23-21-52,51(62)63)59-42-12-6-11-41(54)29-42)64-25-7-14-48(60)58-35(3)36-9-5-10-37(27-36)39-16-18-46(50(55)61)57-31-39/h5-6,9-12,15-19,24,27,29-31,33-35,40,59H,4,7-8,13-14,20-23,25-26,28,32H2,1-3H3,(H2,55,61)(H,58,60)(H,62,63)/t33-,34-,35+,40+,52?,53?/m1/s1. The van der Waals surface area contributed by atoms with E-state index < -0.39 is 17.4 Å². The Morgan fingerprint density at radius 1 is 0.938 bits per heavy atom. The second-order valence-corrected chi connectivity index (χ2v) is 19.1. The third-order valence-corrected chi connectivity index (χ3v) is 14.4. The summed E-state index contributed by atoms with van der Waals surface area (Å²) in [5.41, 5.74) is 12.6. The number of nitrogens with one attached hydrogen (secondary N) is 2. The minimum atomic E-state index is -1.12. The van der Waals surface area contributed by atoms with Crippen LogP contribution in [0.3, 0.4) is 0 Å². The number of aryl methyl sites for hydroxylation is 1. The number of aliphatic carboxylic acids is 1. The minimum absolute atomic E-state index is 0.0679. The van der Waals surface area contributed by atoms with Gasteiger partial charge in [0.2, 0.25) is 5.91 Å². The lowest BCUT2D eigenvalue weighted by Gasteiger charge is -2.47. The Kier molecular flexibility index (Phi) is 13.8. The summed E-state index contributed by atoms with van der Waals surface area (Å²) < 4.78 is 13.0. The molecule has 2 aromatic heterocycles. The maximum Gasteiger partial charge on any atom is 0.329 e. The first-order chi connectivity index (χ1) is 31.3. The molecule has 3 aromatic carbocycles. The number of carbonyl (C=O) groups excluding carboxylic acids is 2. The third kappa shape index (κ3) is 10.2. The summed E-state index contributed by atoms with van der Waals surface area (Å²) in [5, 5.41) is 17.8. The van der Waals surface area contributed by atoms with Crippen molar-refractivity contribution in [2.75, 3.05) is 18.5 Å². The molecule has 3 aliphatic carbocycles. The predicted molar refractivity (Wildman–Crippen MR) is 254 cm³/mol. The van der Waals surface area contributed by atoms with Gasteiger partial charge in [0.25, 0.3) is 5.91 Å². The van der Waals surface area contributed by atoms with Gasteiger partial charge in [-0.3, -0.25) is 19.6 Å². The number of carboxylic acid groups (broad SMARTS) is 1. The van der Waals surface area contributed by atoms with E-state index in [0.717, 1.165) is 66.0 Å². The number of anilines is 1. The van der Waals surface area contributed by atoms with Crippen molar-refractivity contribution in [3.05, 3.63) is 136 Å². The van der Waals surface area contributed by atoms with E-state index in [2.05, 4.69) is 46.6 Å². The van der Waals surface area contributed by atoms with Crippen molar-refractivity contribution in [3.63, 3.8) is 0 Å². The quantitative estimate of drug-likeness (QED) is 0.0665. The van der Waals surface area contributed by atoms with E-state index in [-0.39, 0.29) is 29.0 Å². The summed E-state index contributed by atoms with van der Waals surface area (Å²) in [6.07, 6.45) is 11.8. The number of rotatable bonds is 17. The zero-order valence-corrected chi connectivity index (χ0v) is 38.3. The number of carbonyl (C=O) groups is 3. The highest BCUT2D eigenvalue weighted by molar-refractivity contribution is 6.30. The number of pyridine rings is 2. The van der Waals surface area contributed by atoms with E-state index in [1.54, 1.807) is 24.4 Å².